The van der Waals surface area contributed by atoms with Gasteiger partial charge in [-0.25, -0.2) is 0 Å². The summed E-state index contributed by atoms with van der Waals surface area (Å²) >= 11 is 0. The fourth-order valence-electron chi connectivity index (χ4n) is 8.83. The number of hydrogen-bond acceptors (Lipinski definition) is 4. The van der Waals surface area contributed by atoms with Gasteiger partial charge in [0.1, 0.15) is 22.3 Å². The standard InChI is InChI=1S/C51H36N2O2/c1-51(2)43-20-11-9-18-38(43)39-27-24-36(31-44(39)51)52(33-14-5-3-6-15-33)37-25-28-40-42-30-35(26-29-47(42)55-49(40)32-37)53(34-16-7-4-8-17-34)45-21-13-23-48-50(45)41-19-10-12-22-46(41)54-48/h3-32H,1-2H3. The first-order chi connectivity index (χ1) is 27.0. The summed E-state index contributed by atoms with van der Waals surface area (Å²) in [7, 11) is 0. The quantitative estimate of drug-likeness (QED) is 0.172. The molecule has 0 atom stereocenters. The first kappa shape index (κ1) is 31.5. The largest absolute Gasteiger partial charge is 0.456 e. The van der Waals surface area contributed by atoms with Crippen LogP contribution < -0.4 is 9.80 Å². The van der Waals surface area contributed by atoms with Crippen LogP contribution >= 0.6 is 0 Å². The first-order valence-corrected chi connectivity index (χ1v) is 18.8. The van der Waals surface area contributed by atoms with Gasteiger partial charge in [0, 0.05) is 56.1 Å². The van der Waals surface area contributed by atoms with Crippen LogP contribution in [0.5, 0.6) is 0 Å². The van der Waals surface area contributed by atoms with E-state index in [-0.39, 0.29) is 5.41 Å². The van der Waals surface area contributed by atoms with Gasteiger partial charge in [-0.15, -0.1) is 0 Å². The summed E-state index contributed by atoms with van der Waals surface area (Å²) < 4.78 is 13.0. The fourth-order valence-corrected chi connectivity index (χ4v) is 8.83. The number of rotatable bonds is 6. The van der Waals surface area contributed by atoms with Crippen LogP contribution in [-0.4, -0.2) is 0 Å². The molecule has 55 heavy (non-hydrogen) atoms. The van der Waals surface area contributed by atoms with Gasteiger partial charge in [-0.3, -0.25) is 0 Å². The summed E-state index contributed by atoms with van der Waals surface area (Å²) in [6.07, 6.45) is 0. The van der Waals surface area contributed by atoms with Crippen molar-refractivity contribution in [3.63, 3.8) is 0 Å². The third-order valence-corrected chi connectivity index (χ3v) is 11.4. The smallest absolute Gasteiger partial charge is 0.137 e. The molecule has 2 aromatic heterocycles. The second-order valence-corrected chi connectivity index (χ2v) is 15.0. The maximum absolute atomic E-state index is 6.67. The lowest BCUT2D eigenvalue weighted by Gasteiger charge is -2.28. The van der Waals surface area contributed by atoms with Gasteiger partial charge < -0.3 is 18.6 Å². The molecule has 4 nitrogen and oxygen atoms in total. The molecule has 262 valence electrons. The number of nitrogens with zero attached hydrogens (tertiary/aromatic N) is 2. The Morgan fingerprint density at radius 3 is 1.80 bits per heavy atom. The summed E-state index contributed by atoms with van der Waals surface area (Å²) in [5.74, 6) is 0. The van der Waals surface area contributed by atoms with Crippen LogP contribution in [0.25, 0.3) is 55.0 Å². The zero-order valence-electron chi connectivity index (χ0n) is 30.5. The Bertz CT molecular complexity index is 3080. The minimum absolute atomic E-state index is 0.103. The Hall–Kier alpha value is -7.04. The van der Waals surface area contributed by atoms with Crippen LogP contribution in [0.4, 0.5) is 34.1 Å². The van der Waals surface area contributed by atoms with Crippen molar-refractivity contribution in [1.82, 2.24) is 0 Å². The van der Waals surface area contributed by atoms with E-state index in [1.165, 1.54) is 22.3 Å². The SMILES string of the molecule is CC1(C)c2ccccc2-c2ccc(N(c3ccccc3)c3ccc4c(c3)oc3ccc(N(c5ccccc5)c5cccc6oc7ccccc7c56)cc34)cc21. The molecule has 4 heteroatoms. The van der Waals surface area contributed by atoms with Gasteiger partial charge in [-0.2, -0.15) is 0 Å². The first-order valence-electron chi connectivity index (χ1n) is 18.8. The number of fused-ring (bicyclic) bond motifs is 9. The average molecular weight is 709 g/mol. The lowest BCUT2D eigenvalue weighted by molar-refractivity contribution is 0.660. The Morgan fingerprint density at radius 1 is 0.364 bits per heavy atom. The average Bonchev–Trinajstić information content (AvgIpc) is 3.86. The minimum Gasteiger partial charge on any atom is -0.456 e. The Morgan fingerprint density at radius 2 is 0.964 bits per heavy atom. The summed E-state index contributed by atoms with van der Waals surface area (Å²) in [5, 5.41) is 4.31. The Kier molecular flexibility index (Phi) is 6.86. The predicted octanol–water partition coefficient (Wildman–Crippen LogP) is 14.7. The van der Waals surface area contributed by atoms with Gasteiger partial charge in [0.15, 0.2) is 0 Å². The molecular weight excluding hydrogens is 673 g/mol. The molecule has 0 unspecified atom stereocenters. The van der Waals surface area contributed by atoms with Crippen molar-refractivity contribution in [1.29, 1.82) is 0 Å². The molecule has 0 radical (unpaired) electrons. The van der Waals surface area contributed by atoms with Crippen molar-refractivity contribution >= 4 is 78.0 Å². The second-order valence-electron chi connectivity index (χ2n) is 15.0. The number of hydrogen-bond donors (Lipinski definition) is 0. The minimum atomic E-state index is -0.103. The molecule has 0 saturated heterocycles. The maximum Gasteiger partial charge on any atom is 0.137 e. The van der Waals surface area contributed by atoms with Gasteiger partial charge in [0.05, 0.1) is 11.1 Å². The molecule has 1 aliphatic rings. The van der Waals surface area contributed by atoms with Crippen LogP contribution in [0.1, 0.15) is 25.0 Å². The van der Waals surface area contributed by atoms with Crippen LogP contribution in [0.15, 0.2) is 191 Å². The molecule has 2 heterocycles. The normalized spacial score (nSPS) is 13.1. The van der Waals surface area contributed by atoms with E-state index in [1.54, 1.807) is 0 Å². The number of furan rings is 2. The van der Waals surface area contributed by atoms with Gasteiger partial charge in [-0.05, 0) is 107 Å². The van der Waals surface area contributed by atoms with Gasteiger partial charge in [-0.1, -0.05) is 105 Å². The number of anilines is 6. The lowest BCUT2D eigenvalue weighted by Crippen LogP contribution is -2.16. The van der Waals surface area contributed by atoms with Gasteiger partial charge >= 0.3 is 0 Å². The van der Waals surface area contributed by atoms with E-state index in [2.05, 4.69) is 187 Å². The van der Waals surface area contributed by atoms with Crippen molar-refractivity contribution < 1.29 is 8.83 Å². The molecule has 0 fully saturated rings. The molecule has 10 aromatic rings. The number of benzene rings is 8. The van der Waals surface area contributed by atoms with E-state index >= 15 is 0 Å². The van der Waals surface area contributed by atoms with E-state index in [0.717, 1.165) is 78.0 Å². The van der Waals surface area contributed by atoms with Crippen molar-refractivity contribution in [3.05, 3.63) is 193 Å². The van der Waals surface area contributed by atoms with Gasteiger partial charge in [0.25, 0.3) is 0 Å². The Labute approximate surface area is 319 Å². The lowest BCUT2D eigenvalue weighted by atomic mass is 9.82. The zero-order chi connectivity index (χ0) is 36.7. The van der Waals surface area contributed by atoms with E-state index < -0.39 is 0 Å². The van der Waals surface area contributed by atoms with Crippen LogP contribution in [0, 0.1) is 0 Å². The van der Waals surface area contributed by atoms with Crippen molar-refractivity contribution in [3.8, 4) is 11.1 Å². The summed E-state index contributed by atoms with van der Waals surface area (Å²) in [4.78, 5) is 4.66. The zero-order valence-corrected chi connectivity index (χ0v) is 30.5. The molecule has 0 saturated carbocycles. The highest BCUT2D eigenvalue weighted by Crippen LogP contribution is 2.51. The maximum atomic E-state index is 6.67. The molecule has 8 aromatic carbocycles. The van der Waals surface area contributed by atoms with Gasteiger partial charge in [0.2, 0.25) is 0 Å². The van der Waals surface area contributed by atoms with Crippen molar-refractivity contribution in [2.45, 2.75) is 19.3 Å². The Balaban J connectivity index is 1.05. The number of para-hydroxylation sites is 3. The molecular formula is C51H36N2O2. The highest BCUT2D eigenvalue weighted by molar-refractivity contribution is 6.14. The fraction of sp³-hybridized carbons (Fsp3) is 0.0588. The van der Waals surface area contributed by atoms with Crippen LogP contribution in [-0.2, 0) is 5.41 Å². The highest BCUT2D eigenvalue weighted by atomic mass is 16.3. The molecule has 11 rings (SSSR count). The monoisotopic (exact) mass is 708 g/mol. The van der Waals surface area contributed by atoms with Crippen molar-refractivity contribution in [2.24, 2.45) is 0 Å². The van der Waals surface area contributed by atoms with E-state index in [4.69, 9.17) is 8.83 Å². The molecule has 0 bridgehead atoms. The molecule has 0 N–H and O–H groups in total. The second kappa shape index (κ2) is 12.0. The van der Waals surface area contributed by atoms with Crippen LogP contribution in [0.2, 0.25) is 0 Å². The molecule has 0 aliphatic heterocycles. The molecule has 0 amide bonds. The molecule has 1 aliphatic carbocycles. The highest BCUT2D eigenvalue weighted by Gasteiger charge is 2.35. The van der Waals surface area contributed by atoms with E-state index in [0.29, 0.717) is 0 Å². The predicted molar refractivity (Wildman–Crippen MR) is 228 cm³/mol. The third-order valence-electron chi connectivity index (χ3n) is 11.4. The molecule has 0 spiro atoms. The summed E-state index contributed by atoms with van der Waals surface area (Å²) in [5.41, 5.74) is 15.1. The van der Waals surface area contributed by atoms with E-state index in [9.17, 15) is 0 Å². The summed E-state index contributed by atoms with van der Waals surface area (Å²) in [6, 6.07) is 64.6. The van der Waals surface area contributed by atoms with E-state index in [1.807, 2.05) is 18.2 Å². The third kappa shape index (κ3) is 4.85. The van der Waals surface area contributed by atoms with Crippen molar-refractivity contribution in [2.75, 3.05) is 9.80 Å². The summed E-state index contributed by atoms with van der Waals surface area (Å²) in [6.45, 7) is 4.67. The topological polar surface area (TPSA) is 32.8 Å². The van der Waals surface area contributed by atoms with Crippen LogP contribution in [0.3, 0.4) is 0 Å².